The molecule has 1 aliphatic heterocycles. The number of hydrogen-bond acceptors (Lipinski definition) is 3. The van der Waals surface area contributed by atoms with E-state index in [1.165, 1.54) is 5.56 Å². The van der Waals surface area contributed by atoms with Crippen molar-refractivity contribution in [2.75, 3.05) is 13.2 Å². The van der Waals surface area contributed by atoms with Crippen LogP contribution in [0.25, 0.3) is 0 Å². The molecule has 3 heteroatoms. The van der Waals surface area contributed by atoms with Gasteiger partial charge in [-0.1, -0.05) is 0 Å². The second-order valence-electron chi connectivity index (χ2n) is 2.80. The third-order valence-electron chi connectivity index (χ3n) is 1.91. The Balaban J connectivity index is 2.18. The van der Waals surface area contributed by atoms with E-state index >= 15 is 0 Å². The molecule has 0 saturated carbocycles. The molecule has 0 unspecified atom stereocenters. The lowest BCUT2D eigenvalue weighted by molar-refractivity contribution is 0.00813. The molecule has 1 aromatic heterocycles. The highest BCUT2D eigenvalue weighted by Crippen LogP contribution is 2.21. The summed E-state index contributed by atoms with van der Waals surface area (Å²) < 4.78 is 5.06. The van der Waals surface area contributed by atoms with Crippen molar-refractivity contribution in [1.29, 1.82) is 0 Å². The highest BCUT2D eigenvalue weighted by molar-refractivity contribution is 5.13. The fraction of sp³-hybridized carbons (Fsp3) is 0.500. The highest BCUT2D eigenvalue weighted by atomic mass is 16.5. The number of aryl methyl sites for hydroxylation is 1. The largest absolute Gasteiger partial charge is 0.380 e. The van der Waals surface area contributed by atoms with Gasteiger partial charge in [0, 0.05) is 18.3 Å². The Bertz CT molecular complexity index is 241. The molecule has 0 atom stereocenters. The number of nitrogens with zero attached hydrogens (tertiary/aromatic N) is 2. The first-order valence-electron chi connectivity index (χ1n) is 3.72. The molecule has 0 spiro atoms. The minimum absolute atomic E-state index is 0.538. The van der Waals surface area contributed by atoms with Crippen LogP contribution in [0.1, 0.15) is 17.3 Å². The maximum absolute atomic E-state index is 5.06. The van der Waals surface area contributed by atoms with Gasteiger partial charge < -0.3 is 4.74 Å². The van der Waals surface area contributed by atoms with Gasteiger partial charge in [0.1, 0.15) is 5.82 Å². The molecule has 11 heavy (non-hydrogen) atoms. The third-order valence-corrected chi connectivity index (χ3v) is 1.91. The molecule has 1 aliphatic rings. The van der Waals surface area contributed by atoms with Gasteiger partial charge in [-0.3, -0.25) is 0 Å². The van der Waals surface area contributed by atoms with Gasteiger partial charge in [-0.05, 0) is 12.5 Å². The summed E-state index contributed by atoms with van der Waals surface area (Å²) in [5, 5.41) is 0. The first-order valence-corrected chi connectivity index (χ1v) is 3.72. The van der Waals surface area contributed by atoms with E-state index < -0.39 is 0 Å². The summed E-state index contributed by atoms with van der Waals surface area (Å²) in [6, 6.07) is 0. The van der Waals surface area contributed by atoms with Crippen molar-refractivity contribution in [3.05, 3.63) is 23.8 Å². The van der Waals surface area contributed by atoms with E-state index in [9.17, 15) is 0 Å². The topological polar surface area (TPSA) is 35.0 Å². The minimum Gasteiger partial charge on any atom is -0.380 e. The van der Waals surface area contributed by atoms with Crippen molar-refractivity contribution in [1.82, 2.24) is 9.97 Å². The second kappa shape index (κ2) is 2.58. The lowest BCUT2D eigenvalue weighted by Gasteiger charge is -2.25. The van der Waals surface area contributed by atoms with Gasteiger partial charge in [0.15, 0.2) is 0 Å². The van der Waals surface area contributed by atoms with Crippen molar-refractivity contribution in [2.24, 2.45) is 0 Å². The maximum atomic E-state index is 5.06. The van der Waals surface area contributed by atoms with Crippen LogP contribution in [0.3, 0.4) is 0 Å². The molecule has 0 amide bonds. The normalized spacial score (nSPS) is 17.9. The average Bonchev–Trinajstić information content (AvgIpc) is 1.90. The van der Waals surface area contributed by atoms with E-state index in [-0.39, 0.29) is 0 Å². The molecule has 2 heterocycles. The van der Waals surface area contributed by atoms with E-state index in [2.05, 4.69) is 9.97 Å². The molecule has 0 radical (unpaired) electrons. The molecule has 0 N–H and O–H groups in total. The minimum atomic E-state index is 0.538. The van der Waals surface area contributed by atoms with Crippen LogP contribution in [-0.2, 0) is 4.74 Å². The summed E-state index contributed by atoms with van der Waals surface area (Å²) in [6.45, 7) is 3.54. The van der Waals surface area contributed by atoms with E-state index in [0.29, 0.717) is 5.92 Å². The number of ether oxygens (including phenoxy) is 1. The third kappa shape index (κ3) is 1.24. The van der Waals surface area contributed by atoms with E-state index in [1.54, 1.807) is 0 Å². The van der Waals surface area contributed by atoms with Gasteiger partial charge in [-0.2, -0.15) is 0 Å². The second-order valence-corrected chi connectivity index (χ2v) is 2.80. The summed E-state index contributed by atoms with van der Waals surface area (Å²) in [4.78, 5) is 8.23. The standard InChI is InChI=1S/C8H10N2O/c1-6-9-2-7(3-10-6)8-4-11-5-8/h2-3,8H,4-5H2,1H3. The molecule has 58 valence electrons. The van der Waals surface area contributed by atoms with Crippen molar-refractivity contribution >= 4 is 0 Å². The van der Waals surface area contributed by atoms with Gasteiger partial charge in [0.2, 0.25) is 0 Å². The van der Waals surface area contributed by atoms with Gasteiger partial charge in [0.05, 0.1) is 13.2 Å². The molecular formula is C8H10N2O. The Morgan fingerprint density at radius 2 is 2.00 bits per heavy atom. The molecule has 3 nitrogen and oxygen atoms in total. The predicted molar refractivity (Wildman–Crippen MR) is 40.3 cm³/mol. The molecule has 2 rings (SSSR count). The van der Waals surface area contributed by atoms with Crippen molar-refractivity contribution in [3.8, 4) is 0 Å². The summed E-state index contributed by atoms with van der Waals surface area (Å²) in [6.07, 6.45) is 3.77. The fourth-order valence-electron chi connectivity index (χ4n) is 1.04. The maximum Gasteiger partial charge on any atom is 0.125 e. The van der Waals surface area contributed by atoms with Gasteiger partial charge in [-0.15, -0.1) is 0 Å². The van der Waals surface area contributed by atoms with Crippen molar-refractivity contribution in [2.45, 2.75) is 12.8 Å². The molecule has 0 aromatic carbocycles. The smallest absolute Gasteiger partial charge is 0.125 e. The lowest BCUT2D eigenvalue weighted by Crippen LogP contribution is -2.25. The zero-order chi connectivity index (χ0) is 7.68. The zero-order valence-corrected chi connectivity index (χ0v) is 6.45. The number of rotatable bonds is 1. The summed E-state index contributed by atoms with van der Waals surface area (Å²) >= 11 is 0. The molecular weight excluding hydrogens is 140 g/mol. The highest BCUT2D eigenvalue weighted by Gasteiger charge is 2.20. The first-order chi connectivity index (χ1) is 5.36. The van der Waals surface area contributed by atoms with E-state index in [0.717, 1.165) is 19.0 Å². The number of aromatic nitrogens is 2. The SMILES string of the molecule is Cc1ncc(C2COC2)cn1. The Labute approximate surface area is 65.4 Å². The molecule has 1 saturated heterocycles. The molecule has 0 aliphatic carbocycles. The lowest BCUT2D eigenvalue weighted by atomic mass is 10.0. The van der Waals surface area contributed by atoms with Crippen LogP contribution in [0.4, 0.5) is 0 Å². The molecule has 0 bridgehead atoms. The van der Waals surface area contributed by atoms with Crippen LogP contribution >= 0.6 is 0 Å². The van der Waals surface area contributed by atoms with Crippen LogP contribution in [0, 0.1) is 6.92 Å². The van der Waals surface area contributed by atoms with Crippen LogP contribution in [-0.4, -0.2) is 23.2 Å². The van der Waals surface area contributed by atoms with Crippen LogP contribution in [0.2, 0.25) is 0 Å². The number of hydrogen-bond donors (Lipinski definition) is 0. The summed E-state index contributed by atoms with van der Waals surface area (Å²) in [7, 11) is 0. The van der Waals surface area contributed by atoms with Crippen molar-refractivity contribution in [3.63, 3.8) is 0 Å². The van der Waals surface area contributed by atoms with Crippen molar-refractivity contribution < 1.29 is 4.74 Å². The van der Waals surface area contributed by atoms with E-state index in [4.69, 9.17) is 4.74 Å². The Morgan fingerprint density at radius 1 is 1.36 bits per heavy atom. The monoisotopic (exact) mass is 150 g/mol. The van der Waals surface area contributed by atoms with Gasteiger partial charge >= 0.3 is 0 Å². The zero-order valence-electron chi connectivity index (χ0n) is 6.45. The van der Waals surface area contributed by atoms with Gasteiger partial charge in [0.25, 0.3) is 0 Å². The fourth-order valence-corrected chi connectivity index (χ4v) is 1.04. The Morgan fingerprint density at radius 3 is 2.45 bits per heavy atom. The van der Waals surface area contributed by atoms with Crippen LogP contribution in [0.5, 0.6) is 0 Å². The Hall–Kier alpha value is -0.960. The van der Waals surface area contributed by atoms with E-state index in [1.807, 2.05) is 19.3 Å². The van der Waals surface area contributed by atoms with Crippen LogP contribution < -0.4 is 0 Å². The molecule has 1 fully saturated rings. The predicted octanol–water partition coefficient (Wildman–Crippen LogP) is 0.899. The molecule has 1 aromatic rings. The summed E-state index contributed by atoms with van der Waals surface area (Å²) in [5.74, 6) is 1.37. The first kappa shape index (κ1) is 6.73. The Kier molecular flexibility index (Phi) is 1.58. The quantitative estimate of drug-likeness (QED) is 0.596. The van der Waals surface area contributed by atoms with Crippen LogP contribution in [0.15, 0.2) is 12.4 Å². The van der Waals surface area contributed by atoms with Gasteiger partial charge in [-0.25, -0.2) is 9.97 Å². The average molecular weight is 150 g/mol. The summed E-state index contributed by atoms with van der Waals surface area (Å²) in [5.41, 5.74) is 1.20.